The number of ether oxygens (including phenoxy) is 2. The molecular weight excluding hydrogens is 438 g/mol. The highest BCUT2D eigenvalue weighted by molar-refractivity contribution is 6.32. The van der Waals surface area contributed by atoms with Crippen LogP contribution in [0.4, 0.5) is 0 Å². The van der Waals surface area contributed by atoms with Crippen LogP contribution in [0.25, 0.3) is 10.9 Å². The van der Waals surface area contributed by atoms with Crippen LogP contribution in [0.2, 0.25) is 5.02 Å². The third-order valence-electron chi connectivity index (χ3n) is 6.22. The molecule has 2 aromatic carbocycles. The number of hydrogen-bond donors (Lipinski definition) is 0. The van der Waals surface area contributed by atoms with Crippen molar-refractivity contribution in [2.75, 3.05) is 7.11 Å². The molecule has 0 saturated heterocycles. The van der Waals surface area contributed by atoms with Crippen molar-refractivity contribution in [3.05, 3.63) is 63.2 Å². The predicted octanol–water partition coefficient (Wildman–Crippen LogP) is 6.17. The highest BCUT2D eigenvalue weighted by atomic mass is 35.5. The van der Waals surface area contributed by atoms with Crippen LogP contribution in [0, 0.1) is 0 Å². The van der Waals surface area contributed by atoms with Gasteiger partial charge >= 0.3 is 0 Å². The molecule has 0 aliphatic heterocycles. The first kappa shape index (κ1) is 23.3. The molecule has 33 heavy (non-hydrogen) atoms. The van der Waals surface area contributed by atoms with Crippen LogP contribution in [0.15, 0.2) is 46.3 Å². The smallest absolute Gasteiger partial charge is 0.282 e. The second-order valence-corrected chi connectivity index (χ2v) is 8.96. The number of hydrogen-bond acceptors (Lipinski definition) is 5. The highest BCUT2D eigenvalue weighted by Gasteiger charge is 2.22. The van der Waals surface area contributed by atoms with Crippen molar-refractivity contribution in [3.8, 4) is 11.5 Å². The number of halogens is 1. The van der Waals surface area contributed by atoms with E-state index in [0.29, 0.717) is 33.0 Å². The fourth-order valence-corrected chi connectivity index (χ4v) is 4.48. The second-order valence-electron chi connectivity index (χ2n) is 8.55. The van der Waals surface area contributed by atoms with E-state index in [1.165, 1.54) is 11.1 Å². The summed E-state index contributed by atoms with van der Waals surface area (Å²) >= 11 is 6.51. The molecule has 0 radical (unpaired) electrons. The van der Waals surface area contributed by atoms with Gasteiger partial charge in [-0.15, -0.1) is 0 Å². The SMILES string of the molecule is CC[C@@H](C)Oc1c(Cl)cc(C=Nn2c(C3CCCCC3)nc3ccccc3c2=O)cc1OC. The van der Waals surface area contributed by atoms with E-state index < -0.39 is 0 Å². The van der Waals surface area contributed by atoms with Crippen LogP contribution < -0.4 is 15.0 Å². The molecule has 0 spiro atoms. The van der Waals surface area contributed by atoms with Crippen LogP contribution in [0.5, 0.6) is 11.5 Å². The van der Waals surface area contributed by atoms with Gasteiger partial charge in [0.15, 0.2) is 11.5 Å². The van der Waals surface area contributed by atoms with Crippen molar-refractivity contribution >= 4 is 28.7 Å². The van der Waals surface area contributed by atoms with Gasteiger partial charge in [-0.3, -0.25) is 4.79 Å². The van der Waals surface area contributed by atoms with E-state index in [1.54, 1.807) is 25.5 Å². The minimum absolute atomic E-state index is 0.0104. The van der Waals surface area contributed by atoms with Crippen LogP contribution in [0.3, 0.4) is 0 Å². The lowest BCUT2D eigenvalue weighted by molar-refractivity contribution is 0.208. The van der Waals surface area contributed by atoms with E-state index in [4.69, 9.17) is 26.1 Å². The third-order valence-corrected chi connectivity index (χ3v) is 6.50. The molecule has 7 heteroatoms. The molecule has 1 aliphatic carbocycles. The van der Waals surface area contributed by atoms with E-state index in [1.807, 2.05) is 38.1 Å². The van der Waals surface area contributed by atoms with E-state index in [2.05, 4.69) is 5.10 Å². The summed E-state index contributed by atoms with van der Waals surface area (Å²) in [4.78, 5) is 18.2. The molecular formula is C26H30ClN3O3. The molecule has 4 rings (SSSR count). The minimum atomic E-state index is -0.160. The third kappa shape index (κ3) is 5.06. The summed E-state index contributed by atoms with van der Waals surface area (Å²) in [5.41, 5.74) is 1.26. The largest absolute Gasteiger partial charge is 0.493 e. The molecule has 1 fully saturated rings. The van der Waals surface area contributed by atoms with Gasteiger partial charge in [-0.1, -0.05) is 49.9 Å². The van der Waals surface area contributed by atoms with E-state index >= 15 is 0 Å². The van der Waals surface area contributed by atoms with Gasteiger partial charge in [-0.2, -0.15) is 9.78 Å². The molecule has 6 nitrogen and oxygen atoms in total. The summed E-state index contributed by atoms with van der Waals surface area (Å²) in [5, 5.41) is 5.58. The standard InChI is InChI=1S/C26H30ClN3O3/c1-4-17(2)33-24-21(27)14-18(15-23(24)32-3)16-28-30-25(19-10-6-5-7-11-19)29-22-13-9-8-12-20(22)26(30)31/h8-9,12-17,19H,4-7,10-11H2,1-3H3/t17-/m1/s1. The lowest BCUT2D eigenvalue weighted by Crippen LogP contribution is -2.25. The Morgan fingerprint density at radius 2 is 2.00 bits per heavy atom. The first-order valence-electron chi connectivity index (χ1n) is 11.6. The molecule has 1 aromatic heterocycles. The van der Waals surface area contributed by atoms with Crippen molar-refractivity contribution in [1.82, 2.24) is 9.66 Å². The van der Waals surface area contributed by atoms with Gasteiger partial charge in [0, 0.05) is 5.92 Å². The molecule has 1 heterocycles. The summed E-state index contributed by atoms with van der Waals surface area (Å²) in [6, 6.07) is 11.0. The number of para-hydroxylation sites is 1. The number of methoxy groups -OCH3 is 1. The topological polar surface area (TPSA) is 65.7 Å². The number of nitrogens with zero attached hydrogens (tertiary/aromatic N) is 3. The maximum Gasteiger partial charge on any atom is 0.282 e. The van der Waals surface area contributed by atoms with Crippen LogP contribution >= 0.6 is 11.6 Å². The predicted molar refractivity (Wildman–Crippen MR) is 133 cm³/mol. The van der Waals surface area contributed by atoms with Gasteiger partial charge in [-0.05, 0) is 56.0 Å². The van der Waals surface area contributed by atoms with Crippen LogP contribution in [0.1, 0.15) is 69.7 Å². The maximum absolute atomic E-state index is 13.4. The number of benzene rings is 2. The molecule has 0 amide bonds. The zero-order chi connectivity index (χ0) is 23.4. The molecule has 1 saturated carbocycles. The summed E-state index contributed by atoms with van der Waals surface area (Å²) in [6.07, 6.45) is 8.03. The first-order chi connectivity index (χ1) is 16.0. The number of aromatic nitrogens is 2. The maximum atomic E-state index is 13.4. The molecule has 0 N–H and O–H groups in total. The Bertz CT molecular complexity index is 1220. The highest BCUT2D eigenvalue weighted by Crippen LogP contribution is 2.37. The average molecular weight is 468 g/mol. The van der Waals surface area contributed by atoms with E-state index in [9.17, 15) is 4.79 Å². The molecule has 174 valence electrons. The zero-order valence-corrected chi connectivity index (χ0v) is 20.1. The first-order valence-corrected chi connectivity index (χ1v) is 12.0. The van der Waals surface area contributed by atoms with Crippen molar-refractivity contribution < 1.29 is 9.47 Å². The molecule has 0 bridgehead atoms. The molecule has 1 atom stereocenters. The van der Waals surface area contributed by atoms with Crippen molar-refractivity contribution in [2.45, 2.75) is 64.4 Å². The zero-order valence-electron chi connectivity index (χ0n) is 19.4. The number of fused-ring (bicyclic) bond motifs is 1. The molecule has 1 aliphatic rings. The normalized spacial score (nSPS) is 15.8. The Labute approximate surface area is 199 Å². The quantitative estimate of drug-likeness (QED) is 0.390. The monoisotopic (exact) mass is 467 g/mol. The van der Waals surface area contributed by atoms with Crippen molar-refractivity contribution in [3.63, 3.8) is 0 Å². The Kier molecular flexibility index (Phi) is 7.33. The van der Waals surface area contributed by atoms with Crippen LogP contribution in [-0.4, -0.2) is 29.1 Å². The van der Waals surface area contributed by atoms with Gasteiger partial charge < -0.3 is 9.47 Å². The van der Waals surface area contributed by atoms with Gasteiger partial charge in [-0.25, -0.2) is 4.98 Å². The Balaban J connectivity index is 1.76. The summed E-state index contributed by atoms with van der Waals surface area (Å²) < 4.78 is 12.9. The summed E-state index contributed by atoms with van der Waals surface area (Å²) in [5.74, 6) is 1.99. The van der Waals surface area contributed by atoms with Gasteiger partial charge in [0.2, 0.25) is 0 Å². The fraction of sp³-hybridized carbons (Fsp3) is 0.423. The Hall–Kier alpha value is -2.86. The van der Waals surface area contributed by atoms with E-state index in [-0.39, 0.29) is 17.6 Å². The summed E-state index contributed by atoms with van der Waals surface area (Å²) in [6.45, 7) is 4.03. The second kappa shape index (κ2) is 10.4. The van der Waals surface area contributed by atoms with Gasteiger partial charge in [0.05, 0.1) is 35.4 Å². The van der Waals surface area contributed by atoms with Crippen LogP contribution in [-0.2, 0) is 0 Å². The Morgan fingerprint density at radius 3 is 2.73 bits per heavy atom. The lowest BCUT2D eigenvalue weighted by Gasteiger charge is -2.22. The molecule has 0 unspecified atom stereocenters. The van der Waals surface area contributed by atoms with Gasteiger partial charge in [0.1, 0.15) is 5.82 Å². The van der Waals surface area contributed by atoms with E-state index in [0.717, 1.165) is 37.9 Å². The summed E-state index contributed by atoms with van der Waals surface area (Å²) in [7, 11) is 1.58. The van der Waals surface area contributed by atoms with Gasteiger partial charge in [0.25, 0.3) is 5.56 Å². The molecule has 3 aromatic rings. The Morgan fingerprint density at radius 1 is 1.24 bits per heavy atom. The lowest BCUT2D eigenvalue weighted by atomic mass is 9.88. The fourth-order valence-electron chi connectivity index (χ4n) is 4.22. The average Bonchev–Trinajstić information content (AvgIpc) is 2.85. The number of rotatable bonds is 7. The minimum Gasteiger partial charge on any atom is -0.493 e. The van der Waals surface area contributed by atoms with Crippen molar-refractivity contribution in [2.24, 2.45) is 5.10 Å². The van der Waals surface area contributed by atoms with Crippen molar-refractivity contribution in [1.29, 1.82) is 0 Å².